The normalized spacial score (nSPS) is 11.9. The number of primary amides is 1. The number of aryl methyl sites for hydroxylation is 1. The van der Waals surface area contributed by atoms with Crippen molar-refractivity contribution < 1.29 is 28.6 Å². The number of nitrogens with zero attached hydrogens (tertiary/aromatic N) is 1. The van der Waals surface area contributed by atoms with E-state index in [1.54, 1.807) is 6.07 Å². The Balaban J connectivity index is 1.43. The van der Waals surface area contributed by atoms with E-state index in [2.05, 4.69) is 0 Å². The highest BCUT2D eigenvalue weighted by atomic mass is 16.7. The van der Waals surface area contributed by atoms with Crippen LogP contribution in [0.5, 0.6) is 11.5 Å². The minimum absolute atomic E-state index is 0.215. The summed E-state index contributed by atoms with van der Waals surface area (Å²) >= 11 is 0. The van der Waals surface area contributed by atoms with Crippen LogP contribution in [0, 0.1) is 13.8 Å². The first kappa shape index (κ1) is 21.2. The highest BCUT2D eigenvalue weighted by Crippen LogP contribution is 2.33. The Morgan fingerprint density at radius 1 is 0.969 bits per heavy atom. The summed E-state index contributed by atoms with van der Waals surface area (Å²) in [6.07, 6.45) is 0. The van der Waals surface area contributed by atoms with Gasteiger partial charge in [-0.05, 0) is 61.9 Å². The summed E-state index contributed by atoms with van der Waals surface area (Å²) < 4.78 is 18.0. The van der Waals surface area contributed by atoms with E-state index in [1.807, 2.05) is 36.6 Å². The van der Waals surface area contributed by atoms with Gasteiger partial charge in [0.2, 0.25) is 18.5 Å². The number of esters is 1. The quantitative estimate of drug-likeness (QED) is 0.452. The van der Waals surface area contributed by atoms with Crippen LogP contribution in [0.3, 0.4) is 0 Å². The van der Waals surface area contributed by atoms with Crippen molar-refractivity contribution in [3.05, 3.63) is 82.2 Å². The second-order valence-electron chi connectivity index (χ2n) is 7.50. The smallest absolute Gasteiger partial charge is 0.338 e. The monoisotopic (exact) mass is 434 g/mol. The van der Waals surface area contributed by atoms with E-state index in [-0.39, 0.29) is 30.3 Å². The van der Waals surface area contributed by atoms with Crippen molar-refractivity contribution in [1.82, 2.24) is 4.57 Å². The van der Waals surface area contributed by atoms with Crippen molar-refractivity contribution in [3.63, 3.8) is 0 Å². The molecule has 0 bridgehead atoms. The van der Waals surface area contributed by atoms with E-state index in [0.29, 0.717) is 17.9 Å². The van der Waals surface area contributed by atoms with Crippen LogP contribution in [0.2, 0.25) is 0 Å². The minimum atomic E-state index is -0.650. The van der Waals surface area contributed by atoms with Gasteiger partial charge in [0.05, 0.1) is 5.56 Å². The predicted octanol–water partition coefficient (Wildman–Crippen LogP) is 3.02. The van der Waals surface area contributed by atoms with Gasteiger partial charge in [-0.2, -0.15) is 0 Å². The van der Waals surface area contributed by atoms with Gasteiger partial charge in [-0.1, -0.05) is 6.07 Å². The maximum absolute atomic E-state index is 12.7. The number of nitrogens with two attached hydrogens (primary N) is 1. The number of carbonyl (C=O) groups is 3. The van der Waals surface area contributed by atoms with Crippen molar-refractivity contribution in [2.24, 2.45) is 5.73 Å². The van der Waals surface area contributed by atoms with E-state index in [4.69, 9.17) is 19.9 Å². The van der Waals surface area contributed by atoms with Crippen molar-refractivity contribution >= 4 is 17.7 Å². The molecule has 0 spiro atoms. The topological polar surface area (TPSA) is 110 Å². The van der Waals surface area contributed by atoms with Crippen LogP contribution in [0.25, 0.3) is 0 Å². The number of hydrogen-bond donors (Lipinski definition) is 1. The molecule has 8 nitrogen and oxygen atoms in total. The molecule has 1 aliphatic heterocycles. The van der Waals surface area contributed by atoms with Crippen LogP contribution < -0.4 is 15.2 Å². The molecule has 1 aliphatic rings. The molecule has 0 aliphatic carbocycles. The molecule has 2 N–H and O–H groups in total. The summed E-state index contributed by atoms with van der Waals surface area (Å²) in [5.41, 5.74) is 8.92. The summed E-state index contributed by atoms with van der Waals surface area (Å²) in [4.78, 5) is 36.1. The zero-order chi connectivity index (χ0) is 22.8. The van der Waals surface area contributed by atoms with Gasteiger partial charge < -0.3 is 24.5 Å². The molecule has 4 rings (SSSR count). The third-order valence-corrected chi connectivity index (χ3v) is 5.39. The molecule has 2 aromatic carbocycles. The fourth-order valence-electron chi connectivity index (χ4n) is 3.61. The Labute approximate surface area is 184 Å². The van der Waals surface area contributed by atoms with Crippen LogP contribution in [0.1, 0.15) is 48.0 Å². The fourth-order valence-corrected chi connectivity index (χ4v) is 3.61. The molecule has 0 saturated heterocycles. The molecule has 8 heteroatoms. The number of amides is 1. The van der Waals surface area contributed by atoms with Crippen LogP contribution >= 0.6 is 0 Å². The molecule has 1 amide bonds. The number of ether oxygens (including phenoxy) is 3. The van der Waals surface area contributed by atoms with E-state index in [0.717, 1.165) is 22.7 Å². The van der Waals surface area contributed by atoms with E-state index >= 15 is 0 Å². The third-order valence-electron chi connectivity index (χ3n) is 5.39. The van der Waals surface area contributed by atoms with Crippen molar-refractivity contribution in [2.45, 2.75) is 20.4 Å². The molecule has 3 aromatic rings. The third kappa shape index (κ3) is 4.20. The second-order valence-corrected chi connectivity index (χ2v) is 7.50. The van der Waals surface area contributed by atoms with Gasteiger partial charge in [-0.25, -0.2) is 4.79 Å². The number of fused-ring (bicyclic) bond motifs is 1. The fraction of sp³-hybridized carbons (Fsp3) is 0.208. The van der Waals surface area contributed by atoms with Gasteiger partial charge in [0.1, 0.15) is 0 Å². The number of hydrogen-bond acceptors (Lipinski definition) is 6. The SMILES string of the molecule is Cc1cc(C(=O)COC(=O)c2ccc(C(N)=O)cc2)c(C)n1Cc1ccc2c(c1)OCO2. The van der Waals surface area contributed by atoms with Crippen LogP contribution in [0.4, 0.5) is 0 Å². The molecule has 2 heterocycles. The number of rotatable bonds is 7. The highest BCUT2D eigenvalue weighted by Gasteiger charge is 2.19. The Morgan fingerprint density at radius 2 is 1.66 bits per heavy atom. The van der Waals surface area contributed by atoms with Gasteiger partial charge in [-0.3, -0.25) is 9.59 Å². The Morgan fingerprint density at radius 3 is 2.38 bits per heavy atom. The standard InChI is InChI=1S/C24H22N2O6/c1-14-9-19(15(2)26(14)11-16-3-8-21-22(10-16)32-13-31-21)20(27)12-30-24(29)18-6-4-17(5-7-18)23(25)28/h3-10H,11-13H2,1-2H3,(H2,25,28). The molecule has 0 saturated carbocycles. The lowest BCUT2D eigenvalue weighted by atomic mass is 10.1. The Bertz CT molecular complexity index is 1210. The highest BCUT2D eigenvalue weighted by molar-refractivity contribution is 6.00. The number of Topliss-reactive ketones (excluding diaryl/α,β-unsaturated/α-hetero) is 1. The average molecular weight is 434 g/mol. The van der Waals surface area contributed by atoms with Gasteiger partial charge in [0.15, 0.2) is 18.1 Å². The van der Waals surface area contributed by atoms with E-state index in [9.17, 15) is 14.4 Å². The zero-order valence-electron chi connectivity index (χ0n) is 17.7. The molecule has 0 atom stereocenters. The lowest BCUT2D eigenvalue weighted by Gasteiger charge is -2.11. The van der Waals surface area contributed by atoms with Crippen LogP contribution in [-0.2, 0) is 11.3 Å². The Hall–Kier alpha value is -4.07. The number of carbonyl (C=O) groups excluding carboxylic acids is 3. The first-order chi connectivity index (χ1) is 15.3. The minimum Gasteiger partial charge on any atom is -0.454 e. The van der Waals surface area contributed by atoms with E-state index < -0.39 is 11.9 Å². The van der Waals surface area contributed by atoms with Crippen LogP contribution in [-0.4, -0.2) is 35.6 Å². The first-order valence-corrected chi connectivity index (χ1v) is 9.99. The lowest BCUT2D eigenvalue weighted by Crippen LogP contribution is -2.16. The predicted molar refractivity (Wildman–Crippen MR) is 115 cm³/mol. The summed E-state index contributed by atoms with van der Waals surface area (Å²) in [5.74, 6) is -0.106. The van der Waals surface area contributed by atoms with Crippen molar-refractivity contribution in [2.75, 3.05) is 13.4 Å². The molecule has 0 fully saturated rings. The number of ketones is 1. The molecule has 0 unspecified atom stereocenters. The number of benzene rings is 2. The zero-order valence-corrected chi connectivity index (χ0v) is 17.7. The molecular formula is C24H22N2O6. The molecular weight excluding hydrogens is 412 g/mol. The molecule has 1 aromatic heterocycles. The molecule has 32 heavy (non-hydrogen) atoms. The number of aromatic nitrogens is 1. The van der Waals surface area contributed by atoms with E-state index in [1.165, 1.54) is 24.3 Å². The van der Waals surface area contributed by atoms with Crippen molar-refractivity contribution in [3.8, 4) is 11.5 Å². The molecule has 0 radical (unpaired) electrons. The van der Waals surface area contributed by atoms with Crippen LogP contribution in [0.15, 0.2) is 48.5 Å². The van der Waals surface area contributed by atoms with Gasteiger partial charge in [-0.15, -0.1) is 0 Å². The summed E-state index contributed by atoms with van der Waals surface area (Å²) in [7, 11) is 0. The maximum Gasteiger partial charge on any atom is 0.338 e. The molecule has 164 valence electrons. The maximum atomic E-state index is 12.7. The average Bonchev–Trinajstić information content (AvgIpc) is 3.36. The van der Waals surface area contributed by atoms with Gasteiger partial charge >= 0.3 is 5.97 Å². The summed E-state index contributed by atoms with van der Waals surface area (Å²) in [5, 5.41) is 0. The first-order valence-electron chi connectivity index (χ1n) is 9.99. The lowest BCUT2D eigenvalue weighted by molar-refractivity contribution is 0.0474. The largest absolute Gasteiger partial charge is 0.454 e. The Kier molecular flexibility index (Phi) is 5.68. The van der Waals surface area contributed by atoms with Gasteiger partial charge in [0.25, 0.3) is 0 Å². The summed E-state index contributed by atoms with van der Waals surface area (Å²) in [6.45, 7) is 4.17. The summed E-state index contributed by atoms with van der Waals surface area (Å²) in [6, 6.07) is 13.3. The van der Waals surface area contributed by atoms with Crippen molar-refractivity contribution in [1.29, 1.82) is 0 Å². The van der Waals surface area contributed by atoms with Gasteiger partial charge in [0, 0.05) is 29.1 Å². The second kappa shape index (κ2) is 8.58.